The highest BCUT2D eigenvalue weighted by molar-refractivity contribution is 7.13. The van der Waals surface area contributed by atoms with E-state index in [0.29, 0.717) is 42.3 Å². The number of hydrogen-bond acceptors (Lipinski definition) is 8. The van der Waals surface area contributed by atoms with Crippen LogP contribution < -0.4 is 10.1 Å². The van der Waals surface area contributed by atoms with E-state index in [4.69, 9.17) is 9.72 Å². The number of ether oxygens (including phenoxy) is 1. The summed E-state index contributed by atoms with van der Waals surface area (Å²) in [5.41, 5.74) is 2.76. The maximum atomic E-state index is 11.9. The van der Waals surface area contributed by atoms with Gasteiger partial charge in [-0.3, -0.25) is 0 Å². The highest BCUT2D eigenvalue weighted by atomic mass is 32.1. The lowest BCUT2D eigenvalue weighted by Gasteiger charge is -2.44. The van der Waals surface area contributed by atoms with Gasteiger partial charge < -0.3 is 25.2 Å². The molecule has 0 saturated carbocycles. The van der Waals surface area contributed by atoms with Crippen LogP contribution in [0.15, 0.2) is 54.0 Å². The van der Waals surface area contributed by atoms with Crippen LogP contribution in [-0.2, 0) is 6.61 Å². The quantitative estimate of drug-likeness (QED) is 0.279. The molecule has 9 nitrogen and oxygen atoms in total. The lowest BCUT2D eigenvalue weighted by atomic mass is 9.80. The fourth-order valence-electron chi connectivity index (χ4n) is 4.81. The van der Waals surface area contributed by atoms with E-state index in [1.165, 1.54) is 16.2 Å². The maximum Gasteiger partial charge on any atom is 0.407 e. The van der Waals surface area contributed by atoms with Gasteiger partial charge in [0, 0.05) is 54.1 Å². The van der Waals surface area contributed by atoms with Crippen molar-refractivity contribution >= 4 is 40.0 Å². The van der Waals surface area contributed by atoms with Crippen molar-refractivity contribution in [3.05, 3.63) is 59.7 Å². The largest absolute Gasteiger partial charge is 0.489 e. The first kappa shape index (κ1) is 25.9. The molecule has 2 aromatic heterocycles. The molecule has 3 heterocycles. The van der Waals surface area contributed by atoms with Crippen molar-refractivity contribution in [1.82, 2.24) is 19.9 Å². The van der Waals surface area contributed by atoms with Gasteiger partial charge in [-0.2, -0.15) is 0 Å². The molecule has 5 rings (SSSR count). The van der Waals surface area contributed by atoms with Gasteiger partial charge in [0.25, 0.3) is 0 Å². The second-order valence-electron chi connectivity index (χ2n) is 10.5. The molecule has 1 aliphatic rings. The van der Waals surface area contributed by atoms with Crippen molar-refractivity contribution in [3.8, 4) is 16.3 Å². The van der Waals surface area contributed by atoms with Crippen LogP contribution in [0.5, 0.6) is 5.75 Å². The number of nitrogens with zero attached hydrogens (tertiary/aromatic N) is 4. The number of aromatic nitrogens is 3. The Kier molecular flexibility index (Phi) is 7.18. The molecule has 3 N–H and O–H groups in total. The van der Waals surface area contributed by atoms with Crippen LogP contribution >= 0.6 is 11.3 Å². The first-order valence-electron chi connectivity index (χ1n) is 12.6. The minimum absolute atomic E-state index is 0.140. The second-order valence-corrected chi connectivity index (χ2v) is 11.4. The van der Waals surface area contributed by atoms with Gasteiger partial charge >= 0.3 is 6.09 Å². The minimum Gasteiger partial charge on any atom is -0.489 e. The van der Waals surface area contributed by atoms with Crippen molar-refractivity contribution in [2.24, 2.45) is 5.41 Å². The summed E-state index contributed by atoms with van der Waals surface area (Å²) < 4.78 is 6.61. The van der Waals surface area contributed by atoms with E-state index in [1.807, 2.05) is 47.8 Å². The van der Waals surface area contributed by atoms with E-state index >= 15 is 0 Å². The van der Waals surface area contributed by atoms with Crippen molar-refractivity contribution < 1.29 is 19.7 Å². The lowest BCUT2D eigenvalue weighted by Crippen LogP contribution is -2.53. The summed E-state index contributed by atoms with van der Waals surface area (Å²) in [5.74, 6) is 1.10. The molecular formula is C28H31N5O4S. The third-order valence-electron chi connectivity index (χ3n) is 6.75. The van der Waals surface area contributed by atoms with E-state index < -0.39 is 6.09 Å². The predicted octanol–water partition coefficient (Wildman–Crippen LogP) is 5.93. The summed E-state index contributed by atoms with van der Waals surface area (Å²) in [6.45, 7) is 6.44. The minimum atomic E-state index is -0.899. The van der Waals surface area contributed by atoms with Crippen LogP contribution in [0.2, 0.25) is 0 Å². The number of aliphatic hydroxyl groups excluding tert-OH is 1. The highest BCUT2D eigenvalue weighted by Gasteiger charge is 2.39. The number of fused-ring (bicyclic) bond motifs is 1. The average Bonchev–Trinajstić information content (AvgIpc) is 3.37. The molecule has 1 aliphatic heterocycles. The zero-order valence-electron chi connectivity index (χ0n) is 21.6. The lowest BCUT2D eigenvalue weighted by molar-refractivity contribution is 0.0132. The first-order valence-corrected chi connectivity index (χ1v) is 13.4. The Morgan fingerprint density at radius 3 is 2.68 bits per heavy atom. The molecule has 0 radical (unpaired) electrons. The molecule has 2 atom stereocenters. The summed E-state index contributed by atoms with van der Waals surface area (Å²) in [6.07, 6.45) is 1.86. The number of likely N-dealkylation sites (tertiary alicyclic amines) is 1. The number of piperidine rings is 1. The monoisotopic (exact) mass is 533 g/mol. The maximum absolute atomic E-state index is 11.9. The molecule has 1 amide bonds. The summed E-state index contributed by atoms with van der Waals surface area (Å²) >= 11 is 1.44. The Balaban J connectivity index is 1.50. The number of para-hydroxylation sites is 1. The molecule has 1 fully saturated rings. The molecule has 0 spiro atoms. The molecule has 38 heavy (non-hydrogen) atoms. The molecule has 0 aliphatic carbocycles. The van der Waals surface area contributed by atoms with Crippen molar-refractivity contribution in [1.29, 1.82) is 0 Å². The SMILES string of the molecule is CC(C)(C)C1CC(Oc2cc3nc(Nc4ccccc4)ncc3cc2-c2nc(CO)cs2)CCN1C(=O)O. The number of nitrogens with one attached hydrogen (secondary N) is 1. The standard InChI is InChI=1S/C28H31N5O4S/c1-28(2,3)24-12-20(9-10-33(24)27(35)36)37-23-13-22-17(11-21(23)25-30-19(15-34)16-38-25)14-29-26(32-22)31-18-7-5-4-6-8-18/h4-8,11,13-14,16,20,24,34H,9-10,12,15H2,1-3H3,(H,35,36)(H,29,31,32). The van der Waals surface area contributed by atoms with Crippen LogP contribution in [-0.4, -0.2) is 54.8 Å². The predicted molar refractivity (Wildman–Crippen MR) is 148 cm³/mol. The molecule has 2 unspecified atom stereocenters. The van der Waals surface area contributed by atoms with Crippen LogP contribution in [0, 0.1) is 5.41 Å². The zero-order valence-corrected chi connectivity index (χ0v) is 22.4. The Morgan fingerprint density at radius 1 is 1.21 bits per heavy atom. The molecule has 1 saturated heterocycles. The molecule has 2 aromatic carbocycles. The second kappa shape index (κ2) is 10.5. The smallest absolute Gasteiger partial charge is 0.407 e. The number of anilines is 2. The third kappa shape index (κ3) is 5.56. The number of aliphatic hydroxyl groups is 1. The van der Waals surface area contributed by atoms with Gasteiger partial charge in [0.05, 0.1) is 23.4 Å². The van der Waals surface area contributed by atoms with Crippen molar-refractivity contribution in [2.45, 2.75) is 52.4 Å². The van der Waals surface area contributed by atoms with Crippen LogP contribution in [0.1, 0.15) is 39.3 Å². The number of benzene rings is 2. The van der Waals surface area contributed by atoms with Crippen LogP contribution in [0.4, 0.5) is 16.4 Å². The van der Waals surface area contributed by atoms with Crippen molar-refractivity contribution in [2.75, 3.05) is 11.9 Å². The van der Waals surface area contributed by atoms with Gasteiger partial charge in [-0.25, -0.2) is 19.7 Å². The number of rotatable bonds is 6. The highest BCUT2D eigenvalue weighted by Crippen LogP contribution is 2.39. The Bertz CT molecular complexity index is 1440. The molecule has 198 valence electrons. The van der Waals surface area contributed by atoms with Gasteiger partial charge in [0.1, 0.15) is 16.9 Å². The molecule has 0 bridgehead atoms. The number of thiazole rings is 1. The van der Waals surface area contributed by atoms with E-state index in [-0.39, 0.29) is 24.2 Å². The van der Waals surface area contributed by atoms with E-state index in [2.05, 4.69) is 36.1 Å². The Morgan fingerprint density at radius 2 is 2.00 bits per heavy atom. The van der Waals surface area contributed by atoms with Gasteiger partial charge in [-0.1, -0.05) is 39.0 Å². The Hall–Kier alpha value is -3.76. The van der Waals surface area contributed by atoms with Gasteiger partial charge in [-0.05, 0) is 23.6 Å². The zero-order chi connectivity index (χ0) is 26.9. The number of amides is 1. The summed E-state index contributed by atoms with van der Waals surface area (Å²) in [6, 6.07) is 13.4. The van der Waals surface area contributed by atoms with Crippen molar-refractivity contribution in [3.63, 3.8) is 0 Å². The first-order chi connectivity index (χ1) is 18.2. The van der Waals surface area contributed by atoms with E-state index in [9.17, 15) is 15.0 Å². The molecular weight excluding hydrogens is 502 g/mol. The average molecular weight is 534 g/mol. The summed E-state index contributed by atoms with van der Waals surface area (Å²) in [7, 11) is 0. The summed E-state index contributed by atoms with van der Waals surface area (Å²) in [4.78, 5) is 27.2. The molecule has 10 heteroatoms. The topological polar surface area (TPSA) is 121 Å². The fraction of sp³-hybridized carbons (Fsp3) is 0.357. The summed E-state index contributed by atoms with van der Waals surface area (Å²) in [5, 5.41) is 25.9. The van der Waals surface area contributed by atoms with E-state index in [1.54, 1.807) is 6.20 Å². The van der Waals surface area contributed by atoms with Gasteiger partial charge in [-0.15, -0.1) is 11.3 Å². The normalized spacial score (nSPS) is 17.9. The van der Waals surface area contributed by atoms with Crippen LogP contribution in [0.3, 0.4) is 0 Å². The van der Waals surface area contributed by atoms with Gasteiger partial charge in [0.15, 0.2) is 0 Å². The molecule has 4 aromatic rings. The number of hydrogen-bond donors (Lipinski definition) is 3. The number of carbonyl (C=O) groups is 1. The number of carboxylic acid groups (broad SMARTS) is 1. The van der Waals surface area contributed by atoms with E-state index in [0.717, 1.165) is 21.6 Å². The van der Waals surface area contributed by atoms with Crippen LogP contribution in [0.25, 0.3) is 21.5 Å². The Labute approximate surface area is 225 Å². The van der Waals surface area contributed by atoms with Gasteiger partial charge in [0.2, 0.25) is 5.95 Å². The third-order valence-corrected chi connectivity index (χ3v) is 7.67. The fourth-order valence-corrected chi connectivity index (χ4v) is 5.64.